The van der Waals surface area contributed by atoms with Crippen molar-refractivity contribution in [3.8, 4) is 0 Å². The normalized spacial score (nSPS) is 14.2. The van der Waals surface area contributed by atoms with Gasteiger partial charge in [0.05, 0.1) is 0 Å². The van der Waals surface area contributed by atoms with Gasteiger partial charge in [-0.25, -0.2) is 0 Å². The van der Waals surface area contributed by atoms with Crippen LogP contribution in [0.25, 0.3) is 0 Å². The second-order valence-corrected chi connectivity index (χ2v) is 7.01. The first kappa shape index (κ1) is 20.5. The monoisotopic (exact) mass is 324 g/mol. The Morgan fingerprint density at radius 2 is 0.792 bits per heavy atom. The Morgan fingerprint density at radius 3 is 1.08 bits per heavy atom. The lowest BCUT2D eigenvalue weighted by atomic mass is 9.93. The maximum Gasteiger partial charge on any atom is -0.0193 e. The Morgan fingerprint density at radius 1 is 0.500 bits per heavy atom. The molecule has 0 aliphatic rings. The lowest BCUT2D eigenvalue weighted by molar-refractivity contribution is 0.719. The molecule has 0 fully saturated rings. The van der Waals surface area contributed by atoms with Gasteiger partial charge >= 0.3 is 0 Å². The summed E-state index contributed by atoms with van der Waals surface area (Å²) in [6.45, 7) is 13.5. The zero-order valence-electron chi connectivity index (χ0n) is 16.5. The van der Waals surface area contributed by atoms with Crippen molar-refractivity contribution in [2.75, 3.05) is 0 Å². The van der Waals surface area contributed by atoms with Gasteiger partial charge in [0.1, 0.15) is 0 Å². The van der Waals surface area contributed by atoms with Crippen LogP contribution in [0, 0.1) is 0 Å². The molecule has 2 aromatic carbocycles. The SMILES string of the molecule is CCC(C)c1ccc(C(C)CC)cc1.CCC(C)c1ccccc1. The molecular weight excluding hydrogens is 288 g/mol. The Labute approximate surface area is 150 Å². The van der Waals surface area contributed by atoms with E-state index in [1.54, 1.807) is 0 Å². The summed E-state index contributed by atoms with van der Waals surface area (Å²) in [6, 6.07) is 19.8. The van der Waals surface area contributed by atoms with E-state index in [0.29, 0.717) is 17.8 Å². The van der Waals surface area contributed by atoms with Crippen LogP contribution in [0.3, 0.4) is 0 Å². The van der Waals surface area contributed by atoms with Crippen LogP contribution in [-0.4, -0.2) is 0 Å². The van der Waals surface area contributed by atoms with Crippen LogP contribution in [0.15, 0.2) is 54.6 Å². The molecule has 0 bridgehead atoms. The van der Waals surface area contributed by atoms with E-state index in [1.165, 1.54) is 36.0 Å². The first-order valence-corrected chi connectivity index (χ1v) is 9.68. The van der Waals surface area contributed by atoms with Crippen LogP contribution >= 0.6 is 0 Å². The van der Waals surface area contributed by atoms with E-state index in [4.69, 9.17) is 0 Å². The summed E-state index contributed by atoms with van der Waals surface area (Å²) >= 11 is 0. The van der Waals surface area contributed by atoms with Crippen LogP contribution in [0.5, 0.6) is 0 Å². The molecule has 0 nitrogen and oxygen atoms in total. The molecule has 0 spiro atoms. The number of hydrogen-bond donors (Lipinski definition) is 0. The summed E-state index contributed by atoms with van der Waals surface area (Å²) in [5, 5.41) is 0. The molecule has 3 unspecified atom stereocenters. The summed E-state index contributed by atoms with van der Waals surface area (Å²) in [5.41, 5.74) is 4.39. The van der Waals surface area contributed by atoms with Crippen LogP contribution in [-0.2, 0) is 0 Å². The summed E-state index contributed by atoms with van der Waals surface area (Å²) in [7, 11) is 0. The fourth-order valence-electron chi connectivity index (χ4n) is 2.64. The van der Waals surface area contributed by atoms with Gasteiger partial charge in [-0.2, -0.15) is 0 Å². The van der Waals surface area contributed by atoms with Gasteiger partial charge in [-0.1, -0.05) is 96.1 Å². The molecule has 0 heteroatoms. The highest BCUT2D eigenvalue weighted by Crippen LogP contribution is 2.23. The van der Waals surface area contributed by atoms with Crippen molar-refractivity contribution in [3.63, 3.8) is 0 Å². The quantitative estimate of drug-likeness (QED) is 0.506. The number of benzene rings is 2. The number of hydrogen-bond acceptors (Lipinski definition) is 0. The van der Waals surface area contributed by atoms with Gasteiger partial charge in [0.25, 0.3) is 0 Å². The Hall–Kier alpha value is -1.56. The first-order chi connectivity index (χ1) is 11.5. The van der Waals surface area contributed by atoms with Gasteiger partial charge in [-0.15, -0.1) is 0 Å². The molecule has 24 heavy (non-hydrogen) atoms. The van der Waals surface area contributed by atoms with Crippen molar-refractivity contribution in [2.24, 2.45) is 0 Å². The van der Waals surface area contributed by atoms with Crippen molar-refractivity contribution < 1.29 is 0 Å². The lowest BCUT2D eigenvalue weighted by Crippen LogP contribution is -1.94. The standard InChI is InChI=1S/C14H22.C10H14/c1-5-11(3)13-7-9-14(10-8-13)12(4)6-2;1-3-9(2)10-7-5-4-6-8-10/h7-12H,5-6H2,1-4H3;4-9H,3H2,1-2H3. The summed E-state index contributed by atoms with van der Waals surface area (Å²) in [4.78, 5) is 0. The Bertz CT molecular complexity index is 509. The molecule has 0 aromatic heterocycles. The molecule has 0 saturated carbocycles. The largest absolute Gasteiger partial charge is 0.0648 e. The molecule has 0 aliphatic heterocycles. The van der Waals surface area contributed by atoms with E-state index in [0.717, 1.165) is 0 Å². The minimum absolute atomic E-state index is 0.695. The van der Waals surface area contributed by atoms with Gasteiger partial charge in [0, 0.05) is 0 Å². The second-order valence-electron chi connectivity index (χ2n) is 7.01. The topological polar surface area (TPSA) is 0 Å². The lowest BCUT2D eigenvalue weighted by Gasteiger charge is -2.12. The van der Waals surface area contributed by atoms with Gasteiger partial charge in [0.15, 0.2) is 0 Å². The van der Waals surface area contributed by atoms with Crippen LogP contribution in [0.4, 0.5) is 0 Å². The average molecular weight is 325 g/mol. The highest BCUT2D eigenvalue weighted by atomic mass is 14.1. The van der Waals surface area contributed by atoms with E-state index in [1.807, 2.05) is 0 Å². The molecule has 0 saturated heterocycles. The summed E-state index contributed by atoms with van der Waals surface area (Å²) in [5.74, 6) is 2.10. The minimum atomic E-state index is 0.695. The molecule has 132 valence electrons. The molecular formula is C24H36. The second kappa shape index (κ2) is 11.1. The maximum atomic E-state index is 2.29. The molecule has 0 aliphatic carbocycles. The number of rotatable bonds is 6. The summed E-state index contributed by atoms with van der Waals surface area (Å²) in [6.07, 6.45) is 3.68. The predicted molar refractivity (Wildman–Crippen MR) is 109 cm³/mol. The van der Waals surface area contributed by atoms with Gasteiger partial charge in [-0.3, -0.25) is 0 Å². The molecule has 0 N–H and O–H groups in total. The van der Waals surface area contributed by atoms with Crippen molar-refractivity contribution in [3.05, 3.63) is 71.3 Å². The molecule has 0 amide bonds. The fourth-order valence-corrected chi connectivity index (χ4v) is 2.64. The van der Waals surface area contributed by atoms with Crippen molar-refractivity contribution in [1.29, 1.82) is 0 Å². The van der Waals surface area contributed by atoms with E-state index >= 15 is 0 Å². The molecule has 0 heterocycles. The van der Waals surface area contributed by atoms with Crippen LogP contribution < -0.4 is 0 Å². The molecule has 0 radical (unpaired) electrons. The Balaban J connectivity index is 0.000000254. The van der Waals surface area contributed by atoms with Crippen LogP contribution in [0.1, 0.15) is 95.2 Å². The third-order valence-corrected chi connectivity index (χ3v) is 5.28. The molecule has 2 aromatic rings. The highest BCUT2D eigenvalue weighted by molar-refractivity contribution is 5.27. The Kier molecular flexibility index (Phi) is 9.45. The van der Waals surface area contributed by atoms with Crippen LogP contribution in [0.2, 0.25) is 0 Å². The van der Waals surface area contributed by atoms with Crippen molar-refractivity contribution in [2.45, 2.75) is 78.6 Å². The fraction of sp³-hybridized carbons (Fsp3) is 0.500. The van der Waals surface area contributed by atoms with Crippen molar-refractivity contribution in [1.82, 2.24) is 0 Å². The maximum absolute atomic E-state index is 2.29. The zero-order chi connectivity index (χ0) is 17.9. The van der Waals surface area contributed by atoms with E-state index in [-0.39, 0.29) is 0 Å². The predicted octanol–water partition coefficient (Wildman–Crippen LogP) is 7.91. The van der Waals surface area contributed by atoms with E-state index in [9.17, 15) is 0 Å². The van der Waals surface area contributed by atoms with E-state index in [2.05, 4.69) is 96.1 Å². The third kappa shape index (κ3) is 6.51. The zero-order valence-corrected chi connectivity index (χ0v) is 16.5. The average Bonchev–Trinajstić information content (AvgIpc) is 2.67. The summed E-state index contributed by atoms with van der Waals surface area (Å²) < 4.78 is 0. The molecule has 2 rings (SSSR count). The third-order valence-electron chi connectivity index (χ3n) is 5.28. The smallest absolute Gasteiger partial charge is 0.0193 e. The van der Waals surface area contributed by atoms with Gasteiger partial charge in [-0.05, 0) is 53.7 Å². The first-order valence-electron chi connectivity index (χ1n) is 9.68. The highest BCUT2D eigenvalue weighted by Gasteiger charge is 2.05. The molecule has 3 atom stereocenters. The van der Waals surface area contributed by atoms with Gasteiger partial charge < -0.3 is 0 Å². The van der Waals surface area contributed by atoms with E-state index < -0.39 is 0 Å². The minimum Gasteiger partial charge on any atom is -0.0648 e. The van der Waals surface area contributed by atoms with Crippen molar-refractivity contribution >= 4 is 0 Å². The van der Waals surface area contributed by atoms with Gasteiger partial charge in [0.2, 0.25) is 0 Å².